The summed E-state index contributed by atoms with van der Waals surface area (Å²) in [5, 5.41) is 9.54. The number of para-hydroxylation sites is 1. The molecule has 0 radical (unpaired) electrons. The number of rotatable bonds is 6. The second-order valence-electron chi connectivity index (χ2n) is 6.73. The summed E-state index contributed by atoms with van der Waals surface area (Å²) in [6.45, 7) is 0. The van der Waals surface area contributed by atoms with Crippen LogP contribution in [0.3, 0.4) is 0 Å². The second kappa shape index (κ2) is 9.68. The molecule has 8 heteroatoms. The molecule has 3 aromatic carbocycles. The number of carbonyl (C=O) groups is 1. The number of hydrazone groups is 1. The highest BCUT2D eigenvalue weighted by Gasteiger charge is 2.17. The number of ether oxygens (including phenoxy) is 1. The minimum absolute atomic E-state index is 0.324. The highest BCUT2D eigenvalue weighted by molar-refractivity contribution is 6.38. The fourth-order valence-electron chi connectivity index (χ4n) is 3.06. The van der Waals surface area contributed by atoms with Crippen molar-refractivity contribution in [3.8, 4) is 22.7 Å². The molecule has 0 atom stereocenters. The van der Waals surface area contributed by atoms with Gasteiger partial charge in [0.2, 0.25) is 0 Å². The zero-order chi connectivity index (χ0) is 22.5. The third kappa shape index (κ3) is 4.66. The van der Waals surface area contributed by atoms with Crippen molar-refractivity contribution in [3.05, 3.63) is 100 Å². The van der Waals surface area contributed by atoms with E-state index in [2.05, 4.69) is 15.6 Å². The molecular formula is C24H18Cl2N4O2. The lowest BCUT2D eigenvalue weighted by Crippen LogP contribution is -2.21. The highest BCUT2D eigenvalue weighted by atomic mass is 35.5. The average molecular weight is 465 g/mol. The molecule has 6 nitrogen and oxygen atoms in total. The molecule has 1 heterocycles. The smallest absolute Gasteiger partial charge is 0.290 e. The van der Waals surface area contributed by atoms with Gasteiger partial charge in [-0.05, 0) is 54.6 Å². The Hall–Kier alpha value is -3.61. The Kier molecular flexibility index (Phi) is 6.54. The fraction of sp³-hybridized carbons (Fsp3) is 0.0417. The molecule has 0 aliphatic heterocycles. The number of hydrogen-bond donors (Lipinski definition) is 1. The van der Waals surface area contributed by atoms with Crippen molar-refractivity contribution in [2.75, 3.05) is 7.11 Å². The fourth-order valence-corrected chi connectivity index (χ4v) is 3.55. The minimum atomic E-state index is -0.430. The van der Waals surface area contributed by atoms with Crippen LogP contribution < -0.4 is 10.2 Å². The first kappa shape index (κ1) is 21.6. The first-order valence-electron chi connectivity index (χ1n) is 9.64. The summed E-state index contributed by atoms with van der Waals surface area (Å²) in [5.74, 6) is 0.308. The van der Waals surface area contributed by atoms with Crippen molar-refractivity contribution in [2.45, 2.75) is 0 Å². The van der Waals surface area contributed by atoms with Crippen molar-refractivity contribution in [1.82, 2.24) is 15.2 Å². The van der Waals surface area contributed by atoms with Gasteiger partial charge in [0, 0.05) is 11.1 Å². The van der Waals surface area contributed by atoms with Crippen molar-refractivity contribution in [1.29, 1.82) is 0 Å². The standard InChI is InChI=1S/C24H18Cl2N4O2/c1-32-18-12-10-16(11-13-18)22-14-23(30(29-22)17-6-3-2-4-7-17)24(31)28-27-15-19-20(25)8-5-9-21(19)26/h2-15H,1H3,(H,28,31)/b27-15-. The SMILES string of the molecule is COc1ccc(-c2cc(C(=O)N/N=C\c3c(Cl)cccc3Cl)n(-c3ccccc3)n2)cc1. The minimum Gasteiger partial charge on any atom is -0.497 e. The Morgan fingerprint density at radius 2 is 1.69 bits per heavy atom. The van der Waals surface area contributed by atoms with E-state index >= 15 is 0 Å². The van der Waals surface area contributed by atoms with Crippen molar-refractivity contribution >= 4 is 35.3 Å². The summed E-state index contributed by atoms with van der Waals surface area (Å²) in [4.78, 5) is 13.0. The Morgan fingerprint density at radius 3 is 2.34 bits per heavy atom. The van der Waals surface area contributed by atoms with Gasteiger partial charge in [0.05, 0.1) is 34.8 Å². The summed E-state index contributed by atoms with van der Waals surface area (Å²) in [5.41, 5.74) is 5.60. The van der Waals surface area contributed by atoms with Gasteiger partial charge in [0.15, 0.2) is 0 Å². The van der Waals surface area contributed by atoms with E-state index in [4.69, 9.17) is 27.9 Å². The number of methoxy groups -OCH3 is 1. The number of aromatic nitrogens is 2. The topological polar surface area (TPSA) is 68.5 Å². The maximum atomic E-state index is 13.0. The van der Waals surface area contributed by atoms with E-state index in [0.29, 0.717) is 27.0 Å². The first-order chi connectivity index (χ1) is 15.6. The van der Waals surface area contributed by atoms with E-state index in [0.717, 1.165) is 17.0 Å². The molecule has 4 rings (SSSR count). The van der Waals surface area contributed by atoms with Gasteiger partial charge < -0.3 is 4.74 Å². The van der Waals surface area contributed by atoms with E-state index in [1.54, 1.807) is 36.1 Å². The molecule has 1 N–H and O–H groups in total. The molecule has 0 unspecified atom stereocenters. The summed E-state index contributed by atoms with van der Waals surface area (Å²) in [6, 6.07) is 23.7. The molecule has 0 spiro atoms. The maximum absolute atomic E-state index is 13.0. The van der Waals surface area contributed by atoms with Gasteiger partial charge in [-0.25, -0.2) is 10.1 Å². The quantitative estimate of drug-likeness (QED) is 0.297. The van der Waals surface area contributed by atoms with Gasteiger partial charge in [-0.1, -0.05) is 47.5 Å². The van der Waals surface area contributed by atoms with Crippen LogP contribution in [0.15, 0.2) is 84.0 Å². The van der Waals surface area contributed by atoms with E-state index < -0.39 is 5.91 Å². The van der Waals surface area contributed by atoms with E-state index in [-0.39, 0.29) is 0 Å². The number of amides is 1. The molecule has 4 aromatic rings. The average Bonchev–Trinajstić information content (AvgIpc) is 3.27. The summed E-state index contributed by atoms with van der Waals surface area (Å²) >= 11 is 12.3. The summed E-state index contributed by atoms with van der Waals surface area (Å²) in [7, 11) is 1.61. The molecule has 0 saturated heterocycles. The first-order valence-corrected chi connectivity index (χ1v) is 10.4. The van der Waals surface area contributed by atoms with Gasteiger partial charge >= 0.3 is 0 Å². The molecule has 1 amide bonds. The summed E-state index contributed by atoms with van der Waals surface area (Å²) in [6.07, 6.45) is 1.41. The van der Waals surface area contributed by atoms with Crippen molar-refractivity contribution in [2.24, 2.45) is 5.10 Å². The molecule has 0 saturated carbocycles. The van der Waals surface area contributed by atoms with Crippen molar-refractivity contribution in [3.63, 3.8) is 0 Å². The third-order valence-electron chi connectivity index (χ3n) is 4.69. The number of nitrogens with zero attached hydrogens (tertiary/aromatic N) is 3. The number of halogens is 2. The predicted octanol–water partition coefficient (Wildman–Crippen LogP) is 5.62. The molecule has 32 heavy (non-hydrogen) atoms. The van der Waals surface area contributed by atoms with Crippen LogP contribution in [-0.4, -0.2) is 29.0 Å². The normalized spacial score (nSPS) is 11.0. The van der Waals surface area contributed by atoms with E-state index in [1.165, 1.54) is 6.21 Å². The zero-order valence-electron chi connectivity index (χ0n) is 17.0. The molecule has 0 fully saturated rings. The number of nitrogens with one attached hydrogen (secondary N) is 1. The number of benzene rings is 3. The predicted molar refractivity (Wildman–Crippen MR) is 127 cm³/mol. The molecule has 0 bridgehead atoms. The Morgan fingerprint density at radius 1 is 1.00 bits per heavy atom. The number of hydrogen-bond acceptors (Lipinski definition) is 4. The Labute approximate surface area is 195 Å². The lowest BCUT2D eigenvalue weighted by Gasteiger charge is -2.06. The van der Waals surface area contributed by atoms with Gasteiger partial charge in [-0.3, -0.25) is 4.79 Å². The van der Waals surface area contributed by atoms with Crippen molar-refractivity contribution < 1.29 is 9.53 Å². The van der Waals surface area contributed by atoms with Crippen LogP contribution in [0.5, 0.6) is 5.75 Å². The van der Waals surface area contributed by atoms with Crippen LogP contribution in [0.1, 0.15) is 16.1 Å². The van der Waals surface area contributed by atoms with E-state index in [1.807, 2.05) is 54.6 Å². The highest BCUT2D eigenvalue weighted by Crippen LogP contribution is 2.24. The maximum Gasteiger partial charge on any atom is 0.290 e. The molecule has 160 valence electrons. The van der Waals surface area contributed by atoms with Crippen LogP contribution in [-0.2, 0) is 0 Å². The monoisotopic (exact) mass is 464 g/mol. The zero-order valence-corrected chi connectivity index (χ0v) is 18.5. The second-order valence-corrected chi connectivity index (χ2v) is 7.54. The molecule has 0 aliphatic rings. The van der Waals surface area contributed by atoms with Crippen LogP contribution in [0.25, 0.3) is 16.9 Å². The largest absolute Gasteiger partial charge is 0.497 e. The lowest BCUT2D eigenvalue weighted by atomic mass is 10.1. The molecule has 1 aromatic heterocycles. The third-order valence-corrected chi connectivity index (χ3v) is 5.35. The van der Waals surface area contributed by atoms with Gasteiger partial charge in [0.1, 0.15) is 11.4 Å². The van der Waals surface area contributed by atoms with Crippen LogP contribution in [0.2, 0.25) is 10.0 Å². The van der Waals surface area contributed by atoms with Gasteiger partial charge in [0.25, 0.3) is 5.91 Å². The Bertz CT molecular complexity index is 1250. The van der Waals surface area contributed by atoms with Gasteiger partial charge in [-0.15, -0.1) is 0 Å². The molecular weight excluding hydrogens is 447 g/mol. The lowest BCUT2D eigenvalue weighted by molar-refractivity contribution is 0.0947. The molecule has 0 aliphatic carbocycles. The Balaban J connectivity index is 1.66. The van der Waals surface area contributed by atoms with E-state index in [9.17, 15) is 4.79 Å². The van der Waals surface area contributed by atoms with Crippen LogP contribution >= 0.6 is 23.2 Å². The van der Waals surface area contributed by atoms with Crippen LogP contribution in [0.4, 0.5) is 0 Å². The van der Waals surface area contributed by atoms with Gasteiger partial charge in [-0.2, -0.15) is 10.2 Å². The summed E-state index contributed by atoms with van der Waals surface area (Å²) < 4.78 is 6.79. The van der Waals surface area contributed by atoms with Crippen LogP contribution in [0, 0.1) is 0 Å². The number of carbonyl (C=O) groups excluding carboxylic acids is 1.